The predicted octanol–water partition coefficient (Wildman–Crippen LogP) is 1.42. The molecule has 0 spiro atoms. The van der Waals surface area contributed by atoms with Crippen LogP contribution in [0.15, 0.2) is 0 Å². The largest absolute Gasteiger partial charge is 0.466 e. The van der Waals surface area contributed by atoms with Gasteiger partial charge in [0.2, 0.25) is 0 Å². The van der Waals surface area contributed by atoms with Crippen molar-refractivity contribution in [3.63, 3.8) is 0 Å². The fraction of sp³-hybridized carbons (Fsp3) is 0.917. The zero-order chi connectivity index (χ0) is 12.6. The van der Waals surface area contributed by atoms with E-state index in [9.17, 15) is 9.90 Å². The minimum Gasteiger partial charge on any atom is -0.466 e. The second-order valence-electron chi connectivity index (χ2n) is 5.04. The van der Waals surface area contributed by atoms with Gasteiger partial charge in [-0.1, -0.05) is 0 Å². The quantitative estimate of drug-likeness (QED) is 0.507. The predicted molar refractivity (Wildman–Crippen MR) is 64.3 cm³/mol. The number of esters is 1. The molecule has 0 aliphatic heterocycles. The van der Waals surface area contributed by atoms with Gasteiger partial charge in [0.15, 0.2) is 0 Å². The molecule has 0 aromatic heterocycles. The van der Waals surface area contributed by atoms with Gasteiger partial charge in [-0.05, 0) is 47.2 Å². The Kier molecular flexibility index (Phi) is 7.34. The normalized spacial score (nSPS) is 11.9. The lowest BCUT2D eigenvalue weighted by Crippen LogP contribution is -2.19. The summed E-state index contributed by atoms with van der Waals surface area (Å²) in [7, 11) is 3.85. The van der Waals surface area contributed by atoms with E-state index in [0.29, 0.717) is 13.0 Å². The molecule has 0 fully saturated rings. The molecule has 0 rings (SSSR count). The maximum absolute atomic E-state index is 11.2. The second kappa shape index (κ2) is 7.63. The van der Waals surface area contributed by atoms with Crippen LogP contribution in [0.25, 0.3) is 0 Å². The Balaban J connectivity index is 3.35. The number of carbonyl (C=O) groups excluding carboxylic acids is 1. The molecular weight excluding hydrogens is 206 g/mol. The van der Waals surface area contributed by atoms with Crippen LogP contribution in [0.5, 0.6) is 0 Å². The molecule has 0 unspecified atom stereocenters. The first-order valence-electron chi connectivity index (χ1n) is 5.84. The molecule has 0 heterocycles. The topological polar surface area (TPSA) is 49.8 Å². The lowest BCUT2D eigenvalue weighted by Gasteiger charge is -2.16. The van der Waals surface area contributed by atoms with Gasteiger partial charge < -0.3 is 14.7 Å². The summed E-state index contributed by atoms with van der Waals surface area (Å²) >= 11 is 0. The van der Waals surface area contributed by atoms with E-state index in [1.54, 1.807) is 13.8 Å². The highest BCUT2D eigenvalue weighted by molar-refractivity contribution is 5.69. The average molecular weight is 231 g/mol. The highest BCUT2D eigenvalue weighted by atomic mass is 16.5. The van der Waals surface area contributed by atoms with E-state index in [2.05, 4.69) is 0 Å². The minimum absolute atomic E-state index is 0.142. The molecule has 4 nitrogen and oxygen atoms in total. The van der Waals surface area contributed by atoms with Gasteiger partial charge in [-0.2, -0.15) is 0 Å². The van der Waals surface area contributed by atoms with Gasteiger partial charge in [0, 0.05) is 6.54 Å². The van der Waals surface area contributed by atoms with Crippen LogP contribution in [0.3, 0.4) is 0 Å². The van der Waals surface area contributed by atoms with Crippen molar-refractivity contribution >= 4 is 5.97 Å². The summed E-state index contributed by atoms with van der Waals surface area (Å²) < 4.78 is 5.06. The molecule has 0 radical (unpaired) electrons. The minimum atomic E-state index is -0.616. The van der Waals surface area contributed by atoms with Gasteiger partial charge in [0.25, 0.3) is 0 Å². The Morgan fingerprint density at radius 2 is 1.94 bits per heavy atom. The summed E-state index contributed by atoms with van der Waals surface area (Å²) in [4.78, 5) is 13.2. The van der Waals surface area contributed by atoms with Gasteiger partial charge >= 0.3 is 5.97 Å². The van der Waals surface area contributed by atoms with Gasteiger partial charge in [0.05, 0.1) is 18.6 Å². The molecule has 0 saturated heterocycles. The van der Waals surface area contributed by atoms with Crippen molar-refractivity contribution in [3.8, 4) is 0 Å². The molecule has 16 heavy (non-hydrogen) atoms. The standard InChI is InChI=1S/C12H25NO3/c1-12(2,15)8-5-6-10-16-11(14)7-9-13(3)4/h15H,5-10H2,1-4H3. The van der Waals surface area contributed by atoms with Crippen molar-refractivity contribution in [2.24, 2.45) is 0 Å². The number of rotatable bonds is 8. The van der Waals surface area contributed by atoms with Crippen LogP contribution in [-0.4, -0.2) is 48.8 Å². The summed E-state index contributed by atoms with van der Waals surface area (Å²) in [6.45, 7) is 4.76. The molecule has 0 bridgehead atoms. The van der Waals surface area contributed by atoms with Gasteiger partial charge in [0.1, 0.15) is 0 Å². The first-order valence-corrected chi connectivity index (χ1v) is 5.84. The highest BCUT2D eigenvalue weighted by Crippen LogP contribution is 2.11. The van der Waals surface area contributed by atoms with Crippen LogP contribution in [0.4, 0.5) is 0 Å². The number of ether oxygens (including phenoxy) is 1. The Hall–Kier alpha value is -0.610. The maximum atomic E-state index is 11.2. The number of nitrogens with zero attached hydrogens (tertiary/aromatic N) is 1. The maximum Gasteiger partial charge on any atom is 0.307 e. The van der Waals surface area contributed by atoms with E-state index in [-0.39, 0.29) is 5.97 Å². The average Bonchev–Trinajstić information content (AvgIpc) is 2.12. The molecule has 0 aliphatic rings. The monoisotopic (exact) mass is 231 g/mol. The fourth-order valence-electron chi connectivity index (χ4n) is 1.23. The molecule has 0 atom stereocenters. The lowest BCUT2D eigenvalue weighted by molar-refractivity contribution is -0.144. The summed E-state index contributed by atoms with van der Waals surface area (Å²) in [5, 5.41) is 9.46. The summed E-state index contributed by atoms with van der Waals surface area (Å²) in [6, 6.07) is 0. The highest BCUT2D eigenvalue weighted by Gasteiger charge is 2.11. The van der Waals surface area contributed by atoms with Crippen LogP contribution in [0.1, 0.15) is 39.5 Å². The Morgan fingerprint density at radius 3 is 2.44 bits per heavy atom. The van der Waals surface area contributed by atoms with Crippen LogP contribution in [0.2, 0.25) is 0 Å². The van der Waals surface area contributed by atoms with Crippen molar-refractivity contribution in [1.29, 1.82) is 0 Å². The van der Waals surface area contributed by atoms with Crippen LogP contribution in [0, 0.1) is 0 Å². The number of unbranched alkanes of at least 4 members (excludes halogenated alkanes) is 1. The fourth-order valence-corrected chi connectivity index (χ4v) is 1.23. The molecule has 0 saturated carbocycles. The molecule has 1 N–H and O–H groups in total. The smallest absolute Gasteiger partial charge is 0.307 e. The molecule has 4 heteroatoms. The summed E-state index contributed by atoms with van der Waals surface area (Å²) in [6.07, 6.45) is 2.88. The Bertz CT molecular complexity index is 197. The number of aliphatic hydroxyl groups is 1. The van der Waals surface area contributed by atoms with Gasteiger partial charge in [-0.3, -0.25) is 4.79 Å². The van der Waals surface area contributed by atoms with Crippen LogP contribution >= 0.6 is 0 Å². The summed E-state index contributed by atoms with van der Waals surface area (Å²) in [5.41, 5.74) is -0.616. The van der Waals surface area contributed by atoms with Crippen molar-refractivity contribution in [2.75, 3.05) is 27.2 Å². The van der Waals surface area contributed by atoms with Crippen molar-refractivity contribution in [3.05, 3.63) is 0 Å². The van der Waals surface area contributed by atoms with Crippen LogP contribution in [-0.2, 0) is 9.53 Å². The van der Waals surface area contributed by atoms with Crippen molar-refractivity contribution in [2.45, 2.75) is 45.1 Å². The molecule has 96 valence electrons. The third-order valence-corrected chi connectivity index (χ3v) is 2.21. The lowest BCUT2D eigenvalue weighted by atomic mass is 10.0. The summed E-state index contributed by atoms with van der Waals surface area (Å²) in [5.74, 6) is -0.142. The second-order valence-corrected chi connectivity index (χ2v) is 5.04. The number of hydrogen-bond donors (Lipinski definition) is 1. The number of carbonyl (C=O) groups is 1. The first-order chi connectivity index (χ1) is 7.31. The SMILES string of the molecule is CN(C)CCC(=O)OCCCCC(C)(C)O. The van der Waals surface area contributed by atoms with E-state index < -0.39 is 5.60 Å². The van der Waals surface area contributed by atoms with Gasteiger partial charge in [-0.25, -0.2) is 0 Å². The molecule has 0 aromatic carbocycles. The van der Waals surface area contributed by atoms with Crippen molar-refractivity contribution in [1.82, 2.24) is 4.90 Å². The Morgan fingerprint density at radius 1 is 1.31 bits per heavy atom. The van der Waals surface area contributed by atoms with E-state index in [0.717, 1.165) is 25.8 Å². The van der Waals surface area contributed by atoms with Gasteiger partial charge in [-0.15, -0.1) is 0 Å². The molecule has 0 aliphatic carbocycles. The zero-order valence-electron chi connectivity index (χ0n) is 11.0. The third-order valence-electron chi connectivity index (χ3n) is 2.21. The first kappa shape index (κ1) is 15.4. The Labute approximate surface area is 98.6 Å². The third kappa shape index (κ3) is 11.5. The number of hydrogen-bond acceptors (Lipinski definition) is 4. The van der Waals surface area contributed by atoms with E-state index in [4.69, 9.17) is 4.74 Å². The van der Waals surface area contributed by atoms with Crippen molar-refractivity contribution < 1.29 is 14.6 Å². The molecular formula is C12H25NO3. The van der Waals surface area contributed by atoms with E-state index in [1.807, 2.05) is 19.0 Å². The molecule has 0 amide bonds. The van der Waals surface area contributed by atoms with E-state index in [1.165, 1.54) is 0 Å². The van der Waals surface area contributed by atoms with Crippen LogP contribution < -0.4 is 0 Å². The molecule has 0 aromatic rings. The zero-order valence-corrected chi connectivity index (χ0v) is 11.0. The van der Waals surface area contributed by atoms with E-state index >= 15 is 0 Å².